The number of nitrogens with zero attached hydrogens (tertiary/aromatic N) is 4. The number of piperazine rings is 1. The standard InChI is InChI=1S/C29H34F3N5O4S/c1-16(2)10-22(28(40)37-13-19(21(32)12-30)26-25(37)24(38)14-41-26)33-27(39)17-4-5-18(20(31)11-17)23-15-42-29(34-23)36-8-6-35(3)7-9-36/h4-5,11-12,15-16,19,22,25-26H,6-10,13-14H2,1-3H3,(H,33,39). The summed E-state index contributed by atoms with van der Waals surface area (Å²) < 4.78 is 47.9. The van der Waals surface area contributed by atoms with E-state index in [1.54, 1.807) is 5.38 Å². The van der Waals surface area contributed by atoms with E-state index in [0.717, 1.165) is 37.4 Å². The SMILES string of the molecule is CC(C)CC(NC(=O)c1ccc(-c2csc(N3CCN(C)CC3)n2)c(F)c1)C(=O)N1CC(C(F)=CF)C2OCC(=O)C21. The number of hydrogen-bond acceptors (Lipinski definition) is 8. The predicted octanol–water partition coefficient (Wildman–Crippen LogP) is 3.42. The zero-order valence-corrected chi connectivity index (χ0v) is 24.5. The maximum absolute atomic E-state index is 15.3. The Balaban J connectivity index is 1.31. The maximum Gasteiger partial charge on any atom is 0.252 e. The molecule has 9 nitrogen and oxygen atoms in total. The lowest BCUT2D eigenvalue weighted by Crippen LogP contribution is -2.52. The second-order valence-electron chi connectivity index (χ2n) is 11.4. The molecule has 1 aromatic carbocycles. The van der Waals surface area contributed by atoms with Crippen molar-refractivity contribution in [1.82, 2.24) is 20.1 Å². The Morgan fingerprint density at radius 1 is 1.24 bits per heavy atom. The van der Waals surface area contributed by atoms with Gasteiger partial charge < -0.3 is 24.8 Å². The van der Waals surface area contributed by atoms with E-state index in [0.29, 0.717) is 5.69 Å². The molecule has 0 aliphatic carbocycles. The molecule has 2 amide bonds. The minimum atomic E-state index is -1.12. The number of thiazole rings is 1. The minimum Gasteiger partial charge on any atom is -0.367 e. The van der Waals surface area contributed by atoms with Gasteiger partial charge in [0.25, 0.3) is 5.91 Å². The average Bonchev–Trinajstić information content (AvgIpc) is 3.69. The van der Waals surface area contributed by atoms with E-state index < -0.39 is 53.3 Å². The van der Waals surface area contributed by atoms with Gasteiger partial charge in [-0.1, -0.05) is 13.8 Å². The molecule has 3 aliphatic rings. The molecule has 3 aliphatic heterocycles. The summed E-state index contributed by atoms with van der Waals surface area (Å²) in [6, 6.07) is 1.92. The van der Waals surface area contributed by atoms with Crippen LogP contribution < -0.4 is 10.2 Å². The zero-order chi connectivity index (χ0) is 30.1. The Morgan fingerprint density at radius 3 is 2.64 bits per heavy atom. The molecule has 42 heavy (non-hydrogen) atoms. The van der Waals surface area contributed by atoms with E-state index in [2.05, 4.69) is 27.1 Å². The van der Waals surface area contributed by atoms with Gasteiger partial charge in [0, 0.05) is 49.2 Å². The molecule has 2 aromatic rings. The monoisotopic (exact) mass is 605 g/mol. The Labute approximate surface area is 246 Å². The highest BCUT2D eigenvalue weighted by Crippen LogP contribution is 2.37. The number of carbonyl (C=O) groups excluding carboxylic acids is 3. The fourth-order valence-electron chi connectivity index (χ4n) is 5.74. The van der Waals surface area contributed by atoms with Crippen LogP contribution in [0.1, 0.15) is 30.6 Å². The number of carbonyl (C=O) groups is 3. The third-order valence-corrected chi connectivity index (χ3v) is 8.91. The molecule has 4 unspecified atom stereocenters. The van der Waals surface area contributed by atoms with Gasteiger partial charge in [0.05, 0.1) is 17.7 Å². The predicted molar refractivity (Wildman–Crippen MR) is 152 cm³/mol. The number of Topliss-reactive ketones (excluding diaryl/α,β-unsaturated/α-hetero) is 1. The number of aromatic nitrogens is 1. The molecular formula is C29H34F3N5O4S. The van der Waals surface area contributed by atoms with Crippen molar-refractivity contribution in [2.75, 3.05) is 51.3 Å². The van der Waals surface area contributed by atoms with E-state index in [9.17, 15) is 23.2 Å². The van der Waals surface area contributed by atoms with Crippen molar-refractivity contribution in [3.05, 3.63) is 47.1 Å². The number of fused-ring (bicyclic) bond motifs is 1. The number of nitrogens with one attached hydrogen (secondary N) is 1. The zero-order valence-electron chi connectivity index (χ0n) is 23.7. The molecule has 3 fully saturated rings. The number of likely N-dealkylation sites (N-methyl/N-ethyl adjacent to an activating group) is 1. The van der Waals surface area contributed by atoms with Crippen LogP contribution in [-0.2, 0) is 14.3 Å². The van der Waals surface area contributed by atoms with Crippen LogP contribution in [0.2, 0.25) is 0 Å². The highest BCUT2D eigenvalue weighted by Gasteiger charge is 2.54. The van der Waals surface area contributed by atoms with Crippen molar-refractivity contribution in [1.29, 1.82) is 0 Å². The van der Waals surface area contributed by atoms with Crippen LogP contribution >= 0.6 is 11.3 Å². The minimum absolute atomic E-state index is 0.0104. The lowest BCUT2D eigenvalue weighted by molar-refractivity contribution is -0.138. The van der Waals surface area contributed by atoms with Crippen LogP contribution in [0, 0.1) is 17.7 Å². The highest BCUT2D eigenvalue weighted by atomic mass is 32.1. The van der Waals surface area contributed by atoms with Crippen molar-refractivity contribution >= 4 is 34.1 Å². The molecule has 3 saturated heterocycles. The first-order chi connectivity index (χ1) is 20.1. The van der Waals surface area contributed by atoms with Crippen molar-refractivity contribution in [2.45, 2.75) is 38.5 Å². The van der Waals surface area contributed by atoms with E-state index in [-0.39, 0.29) is 42.9 Å². The Hall–Kier alpha value is -3.29. The summed E-state index contributed by atoms with van der Waals surface area (Å²) >= 11 is 1.44. The molecule has 0 bridgehead atoms. The van der Waals surface area contributed by atoms with Gasteiger partial charge in [-0.3, -0.25) is 14.4 Å². The number of anilines is 1. The average molecular weight is 606 g/mol. The number of amides is 2. The molecule has 0 radical (unpaired) electrons. The number of halogens is 3. The lowest BCUT2D eigenvalue weighted by atomic mass is 10.00. The summed E-state index contributed by atoms with van der Waals surface area (Å²) in [5.41, 5.74) is 0.744. The van der Waals surface area contributed by atoms with E-state index >= 15 is 4.39 Å². The van der Waals surface area contributed by atoms with Crippen LogP contribution in [0.5, 0.6) is 0 Å². The summed E-state index contributed by atoms with van der Waals surface area (Å²) in [4.78, 5) is 49.5. The third kappa shape index (κ3) is 6.09. The molecule has 0 saturated carbocycles. The molecule has 4 atom stereocenters. The van der Waals surface area contributed by atoms with Crippen molar-refractivity contribution in [3.63, 3.8) is 0 Å². The fourth-order valence-corrected chi connectivity index (χ4v) is 6.62. The Kier molecular flexibility index (Phi) is 9.00. The normalized spacial score (nSPS) is 23.9. The van der Waals surface area contributed by atoms with Gasteiger partial charge in [-0.2, -0.15) is 0 Å². The summed E-state index contributed by atoms with van der Waals surface area (Å²) in [5.74, 6) is -4.57. The van der Waals surface area contributed by atoms with Crippen molar-refractivity contribution in [3.8, 4) is 11.3 Å². The van der Waals surface area contributed by atoms with Crippen LogP contribution in [0.25, 0.3) is 11.3 Å². The first-order valence-electron chi connectivity index (χ1n) is 14.0. The molecule has 1 N–H and O–H groups in total. The molecule has 1 aromatic heterocycles. The number of ether oxygens (including phenoxy) is 1. The Bertz CT molecular complexity index is 1380. The van der Waals surface area contributed by atoms with E-state index in [1.807, 2.05) is 13.8 Å². The van der Waals surface area contributed by atoms with Gasteiger partial charge in [0.15, 0.2) is 10.9 Å². The van der Waals surface area contributed by atoms with Gasteiger partial charge in [-0.25, -0.2) is 18.2 Å². The fraction of sp³-hybridized carbons (Fsp3) is 0.517. The van der Waals surface area contributed by atoms with Crippen LogP contribution in [-0.4, -0.2) is 96.9 Å². The maximum atomic E-state index is 15.3. The van der Waals surface area contributed by atoms with Crippen LogP contribution in [0.3, 0.4) is 0 Å². The molecule has 13 heteroatoms. The van der Waals surface area contributed by atoms with E-state index in [1.165, 1.54) is 28.4 Å². The molecule has 5 rings (SSSR count). The first-order valence-corrected chi connectivity index (χ1v) is 14.9. The second-order valence-corrected chi connectivity index (χ2v) is 12.3. The number of ketones is 1. The summed E-state index contributed by atoms with van der Waals surface area (Å²) in [6.07, 6.45) is -0.964. The van der Waals surface area contributed by atoms with Gasteiger partial charge in [-0.15, -0.1) is 11.3 Å². The van der Waals surface area contributed by atoms with Crippen LogP contribution in [0.15, 0.2) is 35.7 Å². The first kappa shape index (κ1) is 30.2. The topological polar surface area (TPSA) is 95.1 Å². The highest BCUT2D eigenvalue weighted by molar-refractivity contribution is 7.14. The number of benzene rings is 1. The van der Waals surface area contributed by atoms with Gasteiger partial charge in [-0.05, 0) is 37.6 Å². The molecular weight excluding hydrogens is 571 g/mol. The van der Waals surface area contributed by atoms with Crippen molar-refractivity contribution in [2.24, 2.45) is 11.8 Å². The number of likely N-dealkylation sites (tertiary alicyclic amines) is 1. The van der Waals surface area contributed by atoms with E-state index in [4.69, 9.17) is 4.74 Å². The van der Waals surface area contributed by atoms with Crippen molar-refractivity contribution < 1.29 is 32.3 Å². The van der Waals surface area contributed by atoms with Gasteiger partial charge >= 0.3 is 0 Å². The smallest absolute Gasteiger partial charge is 0.252 e. The summed E-state index contributed by atoms with van der Waals surface area (Å²) in [6.45, 7) is 6.66. The quantitative estimate of drug-likeness (QED) is 0.493. The summed E-state index contributed by atoms with van der Waals surface area (Å²) in [5, 5.41) is 5.28. The number of rotatable bonds is 8. The lowest BCUT2D eigenvalue weighted by Gasteiger charge is -2.32. The number of hydrogen-bond donors (Lipinski definition) is 1. The second kappa shape index (κ2) is 12.5. The molecule has 226 valence electrons. The van der Waals surface area contributed by atoms with Gasteiger partial charge in [0.2, 0.25) is 5.91 Å². The van der Waals surface area contributed by atoms with Gasteiger partial charge in [0.1, 0.15) is 36.7 Å². The van der Waals surface area contributed by atoms with Crippen LogP contribution in [0.4, 0.5) is 18.3 Å². The largest absolute Gasteiger partial charge is 0.367 e. The Morgan fingerprint density at radius 2 is 1.98 bits per heavy atom. The summed E-state index contributed by atoms with van der Waals surface area (Å²) in [7, 11) is 2.06. The third-order valence-electron chi connectivity index (χ3n) is 8.01. The molecule has 4 heterocycles. The molecule has 0 spiro atoms.